The molecule has 6 nitrogen and oxygen atoms in total. The molecule has 2 heterocycles. The van der Waals surface area contributed by atoms with Gasteiger partial charge in [-0.3, -0.25) is 9.69 Å². The molecule has 1 aromatic heterocycles. The summed E-state index contributed by atoms with van der Waals surface area (Å²) < 4.78 is 2.15. The van der Waals surface area contributed by atoms with E-state index in [2.05, 4.69) is 71.7 Å². The molecule has 0 atom stereocenters. The molecule has 2 aromatic carbocycles. The van der Waals surface area contributed by atoms with E-state index in [0.29, 0.717) is 6.54 Å². The Hall–Kier alpha value is -2.86. The quantitative estimate of drug-likeness (QED) is 0.632. The molecule has 1 saturated heterocycles. The van der Waals surface area contributed by atoms with Crippen molar-refractivity contribution in [2.24, 2.45) is 7.05 Å². The van der Waals surface area contributed by atoms with E-state index in [-0.39, 0.29) is 5.91 Å². The number of carbonyl (C=O) groups excluding carboxylic acids is 1. The minimum atomic E-state index is 0.242. The number of fused-ring (bicyclic) bond motifs is 1. The number of nitrogens with zero attached hydrogens (tertiary/aromatic N) is 5. The van der Waals surface area contributed by atoms with Crippen LogP contribution in [-0.4, -0.2) is 71.1 Å². The maximum Gasteiger partial charge on any atom is 0.236 e. The van der Waals surface area contributed by atoms with Crippen molar-refractivity contribution < 1.29 is 4.79 Å². The van der Waals surface area contributed by atoms with Gasteiger partial charge < -0.3 is 14.4 Å². The van der Waals surface area contributed by atoms with E-state index in [1.165, 1.54) is 5.69 Å². The Morgan fingerprint density at radius 1 is 1.00 bits per heavy atom. The molecular formula is C24H31N5O. The van der Waals surface area contributed by atoms with Gasteiger partial charge in [-0.25, -0.2) is 4.98 Å². The third-order valence-electron chi connectivity index (χ3n) is 6.14. The molecule has 4 rings (SSSR count). The van der Waals surface area contributed by atoms with Crippen LogP contribution in [0.15, 0.2) is 48.5 Å². The van der Waals surface area contributed by atoms with Gasteiger partial charge in [0.1, 0.15) is 5.82 Å². The molecular weight excluding hydrogens is 374 g/mol. The minimum absolute atomic E-state index is 0.242. The summed E-state index contributed by atoms with van der Waals surface area (Å²) in [5, 5.41) is 0. The van der Waals surface area contributed by atoms with E-state index >= 15 is 0 Å². The largest absolute Gasteiger partial charge is 0.368 e. The van der Waals surface area contributed by atoms with Crippen molar-refractivity contribution in [3.8, 4) is 11.4 Å². The first-order valence-corrected chi connectivity index (χ1v) is 10.9. The first-order valence-electron chi connectivity index (χ1n) is 10.9. The average molecular weight is 406 g/mol. The van der Waals surface area contributed by atoms with Crippen LogP contribution < -0.4 is 4.90 Å². The smallest absolute Gasteiger partial charge is 0.236 e. The van der Waals surface area contributed by atoms with Gasteiger partial charge in [0.05, 0.1) is 17.6 Å². The highest BCUT2D eigenvalue weighted by atomic mass is 16.2. The molecule has 1 aliphatic heterocycles. The maximum absolute atomic E-state index is 12.6. The normalized spacial score (nSPS) is 14.7. The van der Waals surface area contributed by atoms with E-state index < -0.39 is 0 Å². The molecule has 0 radical (unpaired) electrons. The number of aryl methyl sites for hydroxylation is 1. The second kappa shape index (κ2) is 8.88. The topological polar surface area (TPSA) is 44.6 Å². The number of hydrogen-bond donors (Lipinski definition) is 0. The molecule has 0 bridgehead atoms. The zero-order valence-electron chi connectivity index (χ0n) is 18.2. The molecule has 1 aliphatic rings. The fraction of sp³-hybridized carbons (Fsp3) is 0.417. The lowest BCUT2D eigenvalue weighted by Crippen LogP contribution is -2.51. The number of benzene rings is 2. The van der Waals surface area contributed by atoms with Gasteiger partial charge in [-0.2, -0.15) is 0 Å². The molecule has 1 fully saturated rings. The van der Waals surface area contributed by atoms with E-state index in [9.17, 15) is 4.79 Å². The number of carbonyl (C=O) groups is 1. The summed E-state index contributed by atoms with van der Waals surface area (Å²) >= 11 is 0. The number of aromatic nitrogens is 2. The Balaban J connectivity index is 1.46. The molecule has 3 aromatic rings. The van der Waals surface area contributed by atoms with Crippen molar-refractivity contribution in [2.45, 2.75) is 13.8 Å². The molecule has 0 N–H and O–H groups in total. The van der Waals surface area contributed by atoms with Crippen LogP contribution in [0, 0.1) is 0 Å². The van der Waals surface area contributed by atoms with Crippen LogP contribution in [0.25, 0.3) is 22.4 Å². The van der Waals surface area contributed by atoms with Crippen molar-refractivity contribution in [1.82, 2.24) is 19.4 Å². The van der Waals surface area contributed by atoms with Crippen LogP contribution in [0.3, 0.4) is 0 Å². The Morgan fingerprint density at radius 2 is 1.73 bits per heavy atom. The zero-order valence-corrected chi connectivity index (χ0v) is 18.2. The van der Waals surface area contributed by atoms with Crippen LogP contribution in [0.1, 0.15) is 13.8 Å². The second-order valence-electron chi connectivity index (χ2n) is 7.86. The van der Waals surface area contributed by atoms with E-state index in [1.807, 2.05) is 17.0 Å². The molecule has 158 valence electrons. The highest BCUT2D eigenvalue weighted by molar-refractivity contribution is 5.81. The van der Waals surface area contributed by atoms with Gasteiger partial charge >= 0.3 is 0 Å². The fourth-order valence-electron chi connectivity index (χ4n) is 4.20. The number of imidazole rings is 1. The summed E-state index contributed by atoms with van der Waals surface area (Å²) in [6.45, 7) is 9.82. The lowest BCUT2D eigenvalue weighted by Gasteiger charge is -2.37. The Morgan fingerprint density at radius 3 is 2.43 bits per heavy atom. The molecule has 6 heteroatoms. The van der Waals surface area contributed by atoms with Gasteiger partial charge in [0.25, 0.3) is 0 Å². The van der Waals surface area contributed by atoms with E-state index in [4.69, 9.17) is 4.98 Å². The molecule has 0 spiro atoms. The number of rotatable bonds is 6. The van der Waals surface area contributed by atoms with Crippen molar-refractivity contribution in [3.05, 3.63) is 48.5 Å². The van der Waals surface area contributed by atoms with Gasteiger partial charge in [0.2, 0.25) is 5.91 Å². The van der Waals surface area contributed by atoms with Crippen LogP contribution in [0.4, 0.5) is 5.69 Å². The Bertz CT molecular complexity index is 1020. The van der Waals surface area contributed by atoms with Gasteiger partial charge in [-0.05, 0) is 37.4 Å². The van der Waals surface area contributed by atoms with Crippen molar-refractivity contribution in [3.63, 3.8) is 0 Å². The standard InChI is InChI=1S/C24H31N5O/c1-4-27(5-2)18-23(30)29-15-13-28(14-16-29)20-10-8-9-19(17-20)24-25-21-11-6-7-12-22(21)26(24)3/h6-12,17H,4-5,13-16,18H2,1-3H3. The molecule has 0 saturated carbocycles. The number of para-hydroxylation sites is 2. The summed E-state index contributed by atoms with van der Waals surface area (Å²) in [4.78, 5) is 24.0. The maximum atomic E-state index is 12.6. The third-order valence-corrected chi connectivity index (χ3v) is 6.14. The lowest BCUT2D eigenvalue weighted by molar-refractivity contribution is -0.132. The summed E-state index contributed by atoms with van der Waals surface area (Å²) in [5.74, 6) is 1.22. The first kappa shape index (κ1) is 20.4. The van der Waals surface area contributed by atoms with Crippen LogP contribution >= 0.6 is 0 Å². The lowest BCUT2D eigenvalue weighted by atomic mass is 10.1. The van der Waals surface area contributed by atoms with Gasteiger partial charge in [0, 0.05) is 44.5 Å². The highest BCUT2D eigenvalue weighted by Gasteiger charge is 2.22. The van der Waals surface area contributed by atoms with Gasteiger partial charge in [-0.1, -0.05) is 38.1 Å². The average Bonchev–Trinajstić information content (AvgIpc) is 3.14. The molecule has 0 unspecified atom stereocenters. The van der Waals surface area contributed by atoms with E-state index in [0.717, 1.165) is 61.7 Å². The number of amides is 1. The van der Waals surface area contributed by atoms with Crippen LogP contribution in [-0.2, 0) is 11.8 Å². The van der Waals surface area contributed by atoms with Gasteiger partial charge in [0.15, 0.2) is 0 Å². The number of piperazine rings is 1. The van der Waals surface area contributed by atoms with Crippen molar-refractivity contribution in [2.75, 3.05) is 50.7 Å². The number of anilines is 1. The van der Waals surface area contributed by atoms with Crippen LogP contribution in [0.5, 0.6) is 0 Å². The van der Waals surface area contributed by atoms with Crippen molar-refractivity contribution in [1.29, 1.82) is 0 Å². The van der Waals surface area contributed by atoms with Crippen molar-refractivity contribution >= 4 is 22.6 Å². The Kier molecular flexibility index (Phi) is 6.04. The predicted octanol–water partition coefficient (Wildman–Crippen LogP) is 3.23. The molecule has 30 heavy (non-hydrogen) atoms. The monoisotopic (exact) mass is 405 g/mol. The fourth-order valence-corrected chi connectivity index (χ4v) is 4.20. The summed E-state index contributed by atoms with van der Waals surface area (Å²) in [7, 11) is 2.07. The first-order chi connectivity index (χ1) is 14.6. The van der Waals surface area contributed by atoms with Gasteiger partial charge in [-0.15, -0.1) is 0 Å². The summed E-state index contributed by atoms with van der Waals surface area (Å²) in [6, 6.07) is 16.8. The zero-order chi connectivity index (χ0) is 21.1. The third kappa shape index (κ3) is 4.05. The predicted molar refractivity (Wildman–Crippen MR) is 123 cm³/mol. The summed E-state index contributed by atoms with van der Waals surface area (Å²) in [6.07, 6.45) is 0. The second-order valence-corrected chi connectivity index (χ2v) is 7.86. The summed E-state index contributed by atoms with van der Waals surface area (Å²) in [5.41, 5.74) is 4.46. The molecule has 1 amide bonds. The minimum Gasteiger partial charge on any atom is -0.368 e. The van der Waals surface area contributed by atoms with Crippen LogP contribution in [0.2, 0.25) is 0 Å². The molecule has 0 aliphatic carbocycles. The Labute approximate surface area is 178 Å². The van der Waals surface area contributed by atoms with E-state index in [1.54, 1.807) is 0 Å². The number of likely N-dealkylation sites (N-methyl/N-ethyl adjacent to an activating group) is 1. The highest BCUT2D eigenvalue weighted by Crippen LogP contribution is 2.27. The SMILES string of the molecule is CCN(CC)CC(=O)N1CCN(c2cccc(-c3nc4ccccc4n3C)c2)CC1. The number of hydrogen-bond acceptors (Lipinski definition) is 4.